The fourth-order valence-corrected chi connectivity index (χ4v) is 2.41. The molecule has 1 heterocycles. The van der Waals surface area contributed by atoms with Gasteiger partial charge in [0.05, 0.1) is 4.92 Å². The van der Waals surface area contributed by atoms with Crippen LogP contribution in [-0.2, 0) is 5.60 Å². The molecule has 0 aliphatic rings. The Balaban J connectivity index is 2.37. The zero-order valence-corrected chi connectivity index (χ0v) is 9.98. The van der Waals surface area contributed by atoms with Gasteiger partial charge in [-0.15, -0.1) is 11.3 Å². The predicted molar refractivity (Wildman–Crippen MR) is 66.1 cm³/mol. The normalized spacial score (nSPS) is 14.2. The highest BCUT2D eigenvalue weighted by Gasteiger charge is 2.26. The Kier molecular flexibility index (Phi) is 2.95. The second kappa shape index (κ2) is 4.27. The van der Waals surface area contributed by atoms with Crippen molar-refractivity contribution in [1.82, 2.24) is 0 Å². The molecule has 88 valence electrons. The highest BCUT2D eigenvalue weighted by molar-refractivity contribution is 7.10. The number of benzene rings is 1. The number of rotatable bonds is 3. The van der Waals surface area contributed by atoms with Gasteiger partial charge in [0, 0.05) is 17.0 Å². The van der Waals surface area contributed by atoms with Crippen LogP contribution >= 0.6 is 11.3 Å². The molecule has 1 aromatic carbocycles. The van der Waals surface area contributed by atoms with Gasteiger partial charge in [0.15, 0.2) is 0 Å². The van der Waals surface area contributed by atoms with Crippen molar-refractivity contribution in [2.45, 2.75) is 12.5 Å². The molecule has 2 aromatic rings. The summed E-state index contributed by atoms with van der Waals surface area (Å²) in [6.07, 6.45) is 0. The number of nitro benzene ring substituents is 1. The first-order chi connectivity index (χ1) is 8.01. The number of non-ortho nitro benzene ring substituents is 1. The number of thiophene rings is 1. The van der Waals surface area contributed by atoms with Crippen molar-refractivity contribution < 1.29 is 10.0 Å². The number of hydrogen-bond acceptors (Lipinski definition) is 4. The molecular formula is C12H11NO3S. The maximum atomic E-state index is 10.5. The van der Waals surface area contributed by atoms with Crippen LogP contribution in [-0.4, -0.2) is 10.0 Å². The lowest BCUT2D eigenvalue weighted by atomic mass is 9.94. The smallest absolute Gasteiger partial charge is 0.269 e. The molecule has 4 nitrogen and oxygen atoms in total. The fourth-order valence-electron chi connectivity index (χ4n) is 1.61. The van der Waals surface area contributed by atoms with Crippen LogP contribution in [0.25, 0.3) is 0 Å². The molecule has 0 aliphatic carbocycles. The van der Waals surface area contributed by atoms with E-state index in [-0.39, 0.29) is 5.69 Å². The molecule has 1 N–H and O–H groups in total. The minimum Gasteiger partial charge on any atom is -0.380 e. The lowest BCUT2D eigenvalue weighted by molar-refractivity contribution is -0.384. The summed E-state index contributed by atoms with van der Waals surface area (Å²) in [5.41, 5.74) is -0.440. The molecule has 0 bridgehead atoms. The minimum absolute atomic E-state index is 0.0238. The summed E-state index contributed by atoms with van der Waals surface area (Å²) in [5, 5.41) is 22.8. The second-order valence-electron chi connectivity index (χ2n) is 3.85. The Hall–Kier alpha value is -1.72. The zero-order chi connectivity index (χ0) is 12.5. The molecule has 0 fully saturated rings. The van der Waals surface area contributed by atoms with Gasteiger partial charge in [0.2, 0.25) is 0 Å². The zero-order valence-electron chi connectivity index (χ0n) is 9.16. The van der Waals surface area contributed by atoms with Gasteiger partial charge in [-0.05, 0) is 36.1 Å². The summed E-state index contributed by atoms with van der Waals surface area (Å²) >= 11 is 1.45. The van der Waals surface area contributed by atoms with Gasteiger partial charge in [-0.25, -0.2) is 0 Å². The van der Waals surface area contributed by atoms with Crippen LogP contribution in [0.4, 0.5) is 5.69 Å². The average Bonchev–Trinajstić information content (AvgIpc) is 2.83. The number of nitro groups is 1. The predicted octanol–water partition coefficient (Wildman–Crippen LogP) is 2.91. The van der Waals surface area contributed by atoms with Crippen LogP contribution < -0.4 is 0 Å². The van der Waals surface area contributed by atoms with E-state index in [2.05, 4.69) is 0 Å². The molecule has 5 heteroatoms. The summed E-state index contributed by atoms with van der Waals surface area (Å²) in [6, 6.07) is 9.66. The van der Waals surface area contributed by atoms with Crippen LogP contribution in [0.3, 0.4) is 0 Å². The van der Waals surface area contributed by atoms with Crippen molar-refractivity contribution in [3.63, 3.8) is 0 Å². The topological polar surface area (TPSA) is 63.4 Å². The first kappa shape index (κ1) is 11.8. The van der Waals surface area contributed by atoms with Gasteiger partial charge in [-0.2, -0.15) is 0 Å². The van der Waals surface area contributed by atoms with Crippen molar-refractivity contribution in [2.75, 3.05) is 0 Å². The molecule has 0 saturated carbocycles. The lowest BCUT2D eigenvalue weighted by Crippen LogP contribution is -2.21. The third-order valence-corrected chi connectivity index (χ3v) is 3.72. The van der Waals surface area contributed by atoms with E-state index in [1.807, 2.05) is 17.5 Å². The van der Waals surface area contributed by atoms with E-state index in [1.54, 1.807) is 19.1 Å². The molecule has 1 atom stereocenters. The van der Waals surface area contributed by atoms with E-state index < -0.39 is 10.5 Å². The van der Waals surface area contributed by atoms with Gasteiger partial charge in [-0.3, -0.25) is 10.1 Å². The summed E-state index contributed by atoms with van der Waals surface area (Å²) in [5.74, 6) is 0. The van der Waals surface area contributed by atoms with E-state index in [0.717, 1.165) is 4.88 Å². The molecule has 0 radical (unpaired) electrons. The average molecular weight is 249 g/mol. The third kappa shape index (κ3) is 2.20. The minimum atomic E-state index is -1.11. The molecule has 1 unspecified atom stereocenters. The second-order valence-corrected chi connectivity index (χ2v) is 4.80. The monoisotopic (exact) mass is 249 g/mol. The van der Waals surface area contributed by atoms with Crippen molar-refractivity contribution in [3.8, 4) is 0 Å². The molecule has 0 aliphatic heterocycles. The number of nitrogens with zero attached hydrogens (tertiary/aromatic N) is 1. The SMILES string of the molecule is CC(O)(c1ccc([N+](=O)[O-])cc1)c1cccs1. The highest BCUT2D eigenvalue weighted by Crippen LogP contribution is 2.32. The Morgan fingerprint density at radius 2 is 1.94 bits per heavy atom. The van der Waals surface area contributed by atoms with E-state index in [4.69, 9.17) is 0 Å². The molecule has 0 amide bonds. The van der Waals surface area contributed by atoms with Gasteiger partial charge >= 0.3 is 0 Å². The maximum Gasteiger partial charge on any atom is 0.269 e. The maximum absolute atomic E-state index is 10.5. The molecular weight excluding hydrogens is 238 g/mol. The first-order valence-electron chi connectivity index (χ1n) is 5.03. The van der Waals surface area contributed by atoms with Gasteiger partial charge in [0.1, 0.15) is 5.60 Å². The molecule has 1 aromatic heterocycles. The third-order valence-electron chi connectivity index (χ3n) is 2.64. The van der Waals surface area contributed by atoms with Gasteiger partial charge in [0.25, 0.3) is 5.69 Å². The van der Waals surface area contributed by atoms with Crippen LogP contribution in [0.5, 0.6) is 0 Å². The molecule has 0 saturated heterocycles. The van der Waals surface area contributed by atoms with Crippen LogP contribution in [0.2, 0.25) is 0 Å². The van der Waals surface area contributed by atoms with Crippen molar-refractivity contribution in [3.05, 3.63) is 62.3 Å². The fraction of sp³-hybridized carbons (Fsp3) is 0.167. The van der Waals surface area contributed by atoms with Crippen LogP contribution in [0.15, 0.2) is 41.8 Å². The van der Waals surface area contributed by atoms with Gasteiger partial charge in [-0.1, -0.05) is 6.07 Å². The summed E-state index contributed by atoms with van der Waals surface area (Å²) in [7, 11) is 0. The Bertz CT molecular complexity index is 517. The van der Waals surface area contributed by atoms with E-state index in [9.17, 15) is 15.2 Å². The lowest BCUT2D eigenvalue weighted by Gasteiger charge is -2.22. The number of hydrogen-bond donors (Lipinski definition) is 1. The van der Waals surface area contributed by atoms with Crippen LogP contribution in [0.1, 0.15) is 17.4 Å². The summed E-state index contributed by atoms with van der Waals surface area (Å²) in [6.45, 7) is 1.68. The van der Waals surface area contributed by atoms with E-state index in [1.165, 1.54) is 23.5 Å². The molecule has 17 heavy (non-hydrogen) atoms. The Morgan fingerprint density at radius 3 is 2.41 bits per heavy atom. The molecule has 2 rings (SSSR count). The van der Waals surface area contributed by atoms with Crippen molar-refractivity contribution in [2.24, 2.45) is 0 Å². The molecule has 0 spiro atoms. The van der Waals surface area contributed by atoms with Crippen molar-refractivity contribution >= 4 is 17.0 Å². The summed E-state index contributed by atoms with van der Waals surface area (Å²) < 4.78 is 0. The first-order valence-corrected chi connectivity index (χ1v) is 5.91. The quantitative estimate of drug-likeness (QED) is 0.672. The number of aliphatic hydroxyl groups is 1. The highest BCUT2D eigenvalue weighted by atomic mass is 32.1. The Labute approximate surface area is 102 Å². The standard InChI is InChI=1S/C12H11NO3S/c1-12(14,11-3-2-8-17-11)9-4-6-10(7-5-9)13(15)16/h2-8,14H,1H3. The van der Waals surface area contributed by atoms with E-state index in [0.29, 0.717) is 5.56 Å². The largest absolute Gasteiger partial charge is 0.380 e. The van der Waals surface area contributed by atoms with Crippen LogP contribution in [0, 0.1) is 10.1 Å². The van der Waals surface area contributed by atoms with E-state index >= 15 is 0 Å². The van der Waals surface area contributed by atoms with Crippen molar-refractivity contribution in [1.29, 1.82) is 0 Å². The Morgan fingerprint density at radius 1 is 1.29 bits per heavy atom. The van der Waals surface area contributed by atoms with Gasteiger partial charge < -0.3 is 5.11 Å². The summed E-state index contributed by atoms with van der Waals surface area (Å²) in [4.78, 5) is 10.9.